The molecule has 1 heterocycles. The Kier molecular flexibility index (Phi) is 7.23. The number of aliphatic hydroxyl groups is 1. The van der Waals surface area contributed by atoms with Gasteiger partial charge in [-0.1, -0.05) is 24.3 Å². The van der Waals surface area contributed by atoms with E-state index in [2.05, 4.69) is 15.6 Å². The molecule has 0 saturated heterocycles. The third-order valence-electron chi connectivity index (χ3n) is 4.98. The van der Waals surface area contributed by atoms with Crippen molar-refractivity contribution >= 4 is 17.4 Å². The third-order valence-corrected chi connectivity index (χ3v) is 4.98. The van der Waals surface area contributed by atoms with Gasteiger partial charge in [0.15, 0.2) is 0 Å². The number of anilines is 2. The molecule has 7 heteroatoms. The highest BCUT2D eigenvalue weighted by Gasteiger charge is 2.13. The maximum Gasteiger partial charge on any atom is 0.255 e. The Hall–Kier alpha value is -3.42. The highest BCUT2D eigenvalue weighted by Crippen LogP contribution is 2.24. The maximum atomic E-state index is 12.6. The molecule has 7 nitrogen and oxygen atoms in total. The van der Waals surface area contributed by atoms with Gasteiger partial charge in [-0.3, -0.25) is 4.79 Å². The Morgan fingerprint density at radius 2 is 1.97 bits per heavy atom. The Morgan fingerprint density at radius 3 is 2.71 bits per heavy atom. The molecule has 0 aliphatic rings. The van der Waals surface area contributed by atoms with Crippen molar-refractivity contribution in [3.05, 3.63) is 83.0 Å². The molecule has 0 fully saturated rings. The van der Waals surface area contributed by atoms with E-state index in [-0.39, 0.29) is 17.7 Å². The van der Waals surface area contributed by atoms with Crippen LogP contribution in [0.5, 0.6) is 5.75 Å². The van der Waals surface area contributed by atoms with Crippen LogP contribution in [0.4, 0.5) is 11.5 Å². The molecule has 0 spiro atoms. The van der Waals surface area contributed by atoms with Gasteiger partial charge in [-0.05, 0) is 61.7 Å². The summed E-state index contributed by atoms with van der Waals surface area (Å²) < 4.78 is 0. The van der Waals surface area contributed by atoms with E-state index in [0.29, 0.717) is 35.6 Å². The van der Waals surface area contributed by atoms with Crippen LogP contribution in [0.15, 0.2) is 60.8 Å². The molecule has 6 N–H and O–H groups in total. The number of hydrogen-bond donors (Lipinski definition) is 5. The van der Waals surface area contributed by atoms with Gasteiger partial charge in [-0.25, -0.2) is 4.98 Å². The molecule has 31 heavy (non-hydrogen) atoms. The van der Waals surface area contributed by atoms with Gasteiger partial charge < -0.3 is 26.6 Å². The number of aromatic nitrogens is 1. The molecule has 0 radical (unpaired) electrons. The van der Waals surface area contributed by atoms with Crippen LogP contribution in [0.2, 0.25) is 0 Å². The molecule has 1 amide bonds. The van der Waals surface area contributed by atoms with Gasteiger partial charge in [0.1, 0.15) is 11.6 Å². The number of nitrogens with one attached hydrogen (secondary N) is 2. The number of benzene rings is 2. The number of aromatic hydroxyl groups is 1. The van der Waals surface area contributed by atoms with E-state index < -0.39 is 6.10 Å². The first-order chi connectivity index (χ1) is 14.8. The number of carbonyl (C=O) groups excluding carboxylic acids is 1. The molecule has 3 aromatic rings. The van der Waals surface area contributed by atoms with Crippen LogP contribution in [0, 0.1) is 6.92 Å². The Labute approximate surface area is 182 Å². The van der Waals surface area contributed by atoms with E-state index in [1.54, 1.807) is 42.6 Å². The standard InChI is InChI=1S/C24H28N4O3/c1-15-6-8-21(29)20(10-15)28-24(31)18-5-3-4-17(12-18)11-16(2)26-14-22(30)19-7-9-23(25)27-13-19/h3-10,12-13,16,22,26,29-30H,11,14H2,1-2H3,(H2,25,27)(H,28,31)/t16-,22-/m1/s1. The molecule has 1 aromatic heterocycles. The second-order valence-electron chi connectivity index (χ2n) is 7.72. The first kappa shape index (κ1) is 22.3. The van der Waals surface area contributed by atoms with E-state index in [1.807, 2.05) is 32.0 Å². The number of nitrogen functional groups attached to an aromatic ring is 1. The van der Waals surface area contributed by atoms with Crippen molar-refractivity contribution in [3.63, 3.8) is 0 Å². The molecule has 0 aliphatic heterocycles. The summed E-state index contributed by atoms with van der Waals surface area (Å²) in [5.41, 5.74) is 9.11. The monoisotopic (exact) mass is 420 g/mol. The first-order valence-electron chi connectivity index (χ1n) is 10.1. The van der Waals surface area contributed by atoms with Gasteiger partial charge in [0.05, 0.1) is 11.8 Å². The topological polar surface area (TPSA) is 120 Å². The molecule has 0 bridgehead atoms. The lowest BCUT2D eigenvalue weighted by atomic mass is 10.0. The van der Waals surface area contributed by atoms with Gasteiger partial charge in [-0.15, -0.1) is 0 Å². The van der Waals surface area contributed by atoms with Crippen LogP contribution >= 0.6 is 0 Å². The molecule has 3 rings (SSSR count). The number of phenolic OH excluding ortho intramolecular Hbond substituents is 1. The summed E-state index contributed by atoms with van der Waals surface area (Å²) in [5, 5.41) is 26.3. The number of aryl methyl sites for hydroxylation is 1. The highest BCUT2D eigenvalue weighted by atomic mass is 16.3. The summed E-state index contributed by atoms with van der Waals surface area (Å²) in [6.45, 7) is 4.29. The minimum absolute atomic E-state index is 0.0304. The summed E-state index contributed by atoms with van der Waals surface area (Å²) in [6.07, 6.45) is 1.57. The number of aliphatic hydroxyl groups excluding tert-OH is 1. The summed E-state index contributed by atoms with van der Waals surface area (Å²) in [6, 6.07) is 15.9. The normalized spacial score (nSPS) is 12.9. The molecule has 162 valence electrons. The van der Waals surface area contributed by atoms with Gasteiger partial charge in [0.25, 0.3) is 5.91 Å². The van der Waals surface area contributed by atoms with Crippen LogP contribution in [-0.4, -0.2) is 33.7 Å². The van der Waals surface area contributed by atoms with Crippen molar-refractivity contribution in [2.24, 2.45) is 0 Å². The predicted molar refractivity (Wildman–Crippen MR) is 122 cm³/mol. The minimum Gasteiger partial charge on any atom is -0.506 e. The van der Waals surface area contributed by atoms with E-state index in [1.165, 1.54) is 0 Å². The van der Waals surface area contributed by atoms with Gasteiger partial charge >= 0.3 is 0 Å². The highest BCUT2D eigenvalue weighted by molar-refractivity contribution is 6.05. The number of pyridine rings is 1. The van der Waals surface area contributed by atoms with Crippen molar-refractivity contribution in [1.29, 1.82) is 0 Å². The van der Waals surface area contributed by atoms with E-state index in [0.717, 1.165) is 11.1 Å². The summed E-state index contributed by atoms with van der Waals surface area (Å²) in [4.78, 5) is 16.6. The summed E-state index contributed by atoms with van der Waals surface area (Å²) in [7, 11) is 0. The van der Waals surface area contributed by atoms with E-state index in [4.69, 9.17) is 5.73 Å². The lowest BCUT2D eigenvalue weighted by Gasteiger charge is -2.18. The molecule has 0 saturated carbocycles. The molecular weight excluding hydrogens is 392 g/mol. The predicted octanol–water partition coefficient (Wildman–Crippen LogP) is 3.18. The zero-order chi connectivity index (χ0) is 22.4. The minimum atomic E-state index is -0.685. The molecule has 0 aliphatic carbocycles. The third kappa shape index (κ3) is 6.28. The van der Waals surface area contributed by atoms with Crippen LogP contribution in [0.3, 0.4) is 0 Å². The lowest BCUT2D eigenvalue weighted by Crippen LogP contribution is -2.32. The quantitative estimate of drug-likeness (QED) is 0.357. The number of hydrogen-bond acceptors (Lipinski definition) is 6. The zero-order valence-electron chi connectivity index (χ0n) is 17.7. The van der Waals surface area contributed by atoms with Crippen LogP contribution in [-0.2, 0) is 6.42 Å². The molecule has 2 aromatic carbocycles. The largest absolute Gasteiger partial charge is 0.506 e. The number of rotatable bonds is 8. The second-order valence-corrected chi connectivity index (χ2v) is 7.72. The fourth-order valence-electron chi connectivity index (χ4n) is 3.25. The van der Waals surface area contributed by atoms with Crippen LogP contribution < -0.4 is 16.4 Å². The maximum absolute atomic E-state index is 12.6. The Balaban J connectivity index is 1.57. The second kappa shape index (κ2) is 10.1. The lowest BCUT2D eigenvalue weighted by molar-refractivity contribution is 0.102. The van der Waals surface area contributed by atoms with Crippen molar-refractivity contribution in [2.75, 3.05) is 17.6 Å². The average molecular weight is 421 g/mol. The number of nitrogens with two attached hydrogens (primary N) is 1. The summed E-state index contributed by atoms with van der Waals surface area (Å²) in [5.74, 6) is 0.163. The van der Waals surface area contributed by atoms with E-state index in [9.17, 15) is 15.0 Å². The number of nitrogens with zero attached hydrogens (tertiary/aromatic N) is 1. The van der Waals surface area contributed by atoms with Gasteiger partial charge in [-0.2, -0.15) is 0 Å². The molecule has 0 unspecified atom stereocenters. The van der Waals surface area contributed by atoms with Gasteiger partial charge in [0, 0.05) is 29.9 Å². The van der Waals surface area contributed by atoms with E-state index >= 15 is 0 Å². The molecular formula is C24H28N4O3. The van der Waals surface area contributed by atoms with Crippen LogP contribution in [0.1, 0.15) is 40.1 Å². The number of carbonyl (C=O) groups is 1. The van der Waals surface area contributed by atoms with Crippen molar-refractivity contribution in [1.82, 2.24) is 10.3 Å². The SMILES string of the molecule is Cc1ccc(O)c(NC(=O)c2cccc(C[C@@H](C)NC[C@@H](O)c3ccc(N)nc3)c2)c1. The molecule has 2 atom stereocenters. The van der Waals surface area contributed by atoms with Crippen molar-refractivity contribution in [3.8, 4) is 5.75 Å². The fraction of sp³-hybridized carbons (Fsp3) is 0.250. The summed E-state index contributed by atoms with van der Waals surface area (Å²) >= 11 is 0. The Bertz CT molecular complexity index is 1040. The first-order valence-corrected chi connectivity index (χ1v) is 10.1. The Morgan fingerprint density at radius 1 is 1.16 bits per heavy atom. The average Bonchev–Trinajstić information content (AvgIpc) is 2.75. The van der Waals surface area contributed by atoms with Crippen LogP contribution in [0.25, 0.3) is 0 Å². The smallest absolute Gasteiger partial charge is 0.255 e. The fourth-order valence-corrected chi connectivity index (χ4v) is 3.25. The zero-order valence-corrected chi connectivity index (χ0v) is 17.7. The number of phenols is 1. The van der Waals surface area contributed by atoms with Crippen molar-refractivity contribution in [2.45, 2.75) is 32.4 Å². The number of amides is 1. The van der Waals surface area contributed by atoms with Gasteiger partial charge in [0.2, 0.25) is 0 Å². The van der Waals surface area contributed by atoms with Crippen molar-refractivity contribution < 1.29 is 15.0 Å².